The van der Waals surface area contributed by atoms with Gasteiger partial charge in [0.25, 0.3) is 0 Å². The first-order chi connectivity index (χ1) is 24.9. The lowest BCUT2D eigenvalue weighted by Gasteiger charge is -2.36. The van der Waals surface area contributed by atoms with E-state index in [1.807, 2.05) is 54.6 Å². The number of allylic oxidation sites excluding steroid dienone is 2. The molecule has 2 atom stereocenters. The summed E-state index contributed by atoms with van der Waals surface area (Å²) in [5.41, 5.74) is 2.55. The molecular formula is C42H40Cl2N2O6. The lowest BCUT2D eigenvalue weighted by molar-refractivity contribution is -0.142. The van der Waals surface area contributed by atoms with E-state index in [9.17, 15) is 19.5 Å². The van der Waals surface area contributed by atoms with Gasteiger partial charge >= 0.3 is 5.97 Å². The molecule has 1 fully saturated rings. The van der Waals surface area contributed by atoms with E-state index in [1.165, 1.54) is 4.90 Å². The third-order valence-electron chi connectivity index (χ3n) is 9.00. The van der Waals surface area contributed by atoms with Crippen LogP contribution in [0.2, 0.25) is 10.0 Å². The first kappa shape index (κ1) is 37.9. The number of carboxylic acids is 1. The van der Waals surface area contributed by atoms with Gasteiger partial charge in [-0.2, -0.15) is 0 Å². The molecular weight excluding hydrogens is 699 g/mol. The Hall–Kier alpha value is -5.31. The van der Waals surface area contributed by atoms with Gasteiger partial charge in [-0.1, -0.05) is 104 Å². The van der Waals surface area contributed by atoms with Crippen LogP contribution in [0.3, 0.4) is 0 Å². The van der Waals surface area contributed by atoms with Crippen LogP contribution < -0.4 is 14.8 Å². The van der Waals surface area contributed by atoms with Gasteiger partial charge in [0.05, 0.1) is 6.42 Å². The number of anilines is 1. The second-order valence-corrected chi connectivity index (χ2v) is 13.7. The van der Waals surface area contributed by atoms with Crippen LogP contribution in [0.25, 0.3) is 5.57 Å². The number of ether oxygens (including phenoxy) is 2. The lowest BCUT2D eigenvalue weighted by Crippen LogP contribution is -2.42. The predicted molar refractivity (Wildman–Crippen MR) is 206 cm³/mol. The number of carboxylic acid groups (broad SMARTS) is 1. The van der Waals surface area contributed by atoms with Gasteiger partial charge in [0.1, 0.15) is 24.7 Å². The summed E-state index contributed by atoms with van der Waals surface area (Å²) < 4.78 is 11.6. The van der Waals surface area contributed by atoms with Crippen LogP contribution in [0.4, 0.5) is 5.69 Å². The quantitative estimate of drug-likeness (QED) is 0.0716. The number of amides is 2. The Balaban J connectivity index is 1.41. The zero-order valence-corrected chi connectivity index (χ0v) is 30.2. The van der Waals surface area contributed by atoms with Crippen LogP contribution in [-0.2, 0) is 20.9 Å². The molecule has 52 heavy (non-hydrogen) atoms. The maximum Gasteiger partial charge on any atom is 0.303 e. The predicted octanol–water partition coefficient (Wildman–Crippen LogP) is 9.21. The first-order valence-electron chi connectivity index (χ1n) is 16.7. The number of nitrogens with one attached hydrogen (secondary N) is 1. The molecule has 10 heteroatoms. The van der Waals surface area contributed by atoms with Crippen molar-refractivity contribution in [3.63, 3.8) is 0 Å². The number of hydrogen-bond acceptors (Lipinski definition) is 5. The molecule has 4 aromatic rings. The Labute approximate surface area is 314 Å². The Kier molecular flexibility index (Phi) is 12.6. The van der Waals surface area contributed by atoms with Crippen molar-refractivity contribution in [3.05, 3.63) is 155 Å². The Morgan fingerprint density at radius 2 is 1.62 bits per heavy atom. The van der Waals surface area contributed by atoms with Crippen molar-refractivity contribution in [2.75, 3.05) is 25.1 Å². The summed E-state index contributed by atoms with van der Waals surface area (Å²) in [6.45, 7) is 12.7. The zero-order valence-electron chi connectivity index (χ0n) is 28.7. The molecule has 4 aromatic carbocycles. The van der Waals surface area contributed by atoms with E-state index < -0.39 is 23.2 Å². The molecule has 2 unspecified atom stereocenters. The van der Waals surface area contributed by atoms with Gasteiger partial charge in [0.2, 0.25) is 11.8 Å². The fourth-order valence-electron chi connectivity index (χ4n) is 6.48. The van der Waals surface area contributed by atoms with Crippen molar-refractivity contribution in [3.8, 4) is 11.5 Å². The van der Waals surface area contributed by atoms with Crippen molar-refractivity contribution in [1.29, 1.82) is 0 Å². The van der Waals surface area contributed by atoms with Gasteiger partial charge in [-0.3, -0.25) is 14.4 Å². The number of hydrogen-bond donors (Lipinski definition) is 2. The lowest BCUT2D eigenvalue weighted by atomic mass is 9.71. The Morgan fingerprint density at radius 3 is 2.29 bits per heavy atom. The standard InChI is InChI=1S/C42H40Cl2N2O6/c1-4-28(2)30-13-15-31(16-14-30)37-23-42(25-40(48)49,27-46(41(50)29(37)3)26-32-17-18-33(43)21-38(32)44)24-39(47)45-34-9-8-12-36(22-34)52-20-19-51-35-10-6-5-7-11-35/h4-18,21-22,37H,1-3,19-20,23-27H2,(H,45,47)(H,48,49). The summed E-state index contributed by atoms with van der Waals surface area (Å²) in [6.07, 6.45) is 1.26. The number of benzene rings is 4. The normalized spacial score (nSPS) is 17.2. The minimum absolute atomic E-state index is 0.0318. The molecule has 0 aliphatic carbocycles. The molecule has 1 saturated heterocycles. The van der Waals surface area contributed by atoms with Crippen LogP contribution in [0.1, 0.15) is 41.9 Å². The average molecular weight is 740 g/mol. The highest BCUT2D eigenvalue weighted by Crippen LogP contribution is 2.46. The van der Waals surface area contributed by atoms with E-state index in [2.05, 4.69) is 25.1 Å². The van der Waals surface area contributed by atoms with E-state index in [4.69, 9.17) is 32.7 Å². The molecule has 2 N–H and O–H groups in total. The van der Waals surface area contributed by atoms with Crippen LogP contribution in [0, 0.1) is 5.41 Å². The number of likely N-dealkylation sites (tertiary alicyclic amines) is 1. The minimum Gasteiger partial charge on any atom is -0.490 e. The highest BCUT2D eigenvalue weighted by Gasteiger charge is 2.45. The van der Waals surface area contributed by atoms with Crippen molar-refractivity contribution in [2.45, 2.75) is 31.7 Å². The largest absolute Gasteiger partial charge is 0.490 e. The third kappa shape index (κ3) is 9.93. The summed E-state index contributed by atoms with van der Waals surface area (Å²) in [5.74, 6) is -1.18. The number of halogens is 2. The third-order valence-corrected chi connectivity index (χ3v) is 9.58. The molecule has 0 spiro atoms. The second kappa shape index (κ2) is 17.3. The number of carbonyl (C=O) groups is 3. The van der Waals surface area contributed by atoms with Crippen LogP contribution in [0.15, 0.2) is 128 Å². The van der Waals surface area contributed by atoms with Gasteiger partial charge in [0, 0.05) is 58.2 Å². The number of carbonyl (C=O) groups excluding carboxylic acids is 2. The molecule has 0 radical (unpaired) electrons. The van der Waals surface area contributed by atoms with Gasteiger partial charge in [0.15, 0.2) is 0 Å². The van der Waals surface area contributed by atoms with Crippen LogP contribution >= 0.6 is 23.2 Å². The first-order valence-corrected chi connectivity index (χ1v) is 17.5. The molecule has 268 valence electrons. The summed E-state index contributed by atoms with van der Waals surface area (Å²) in [7, 11) is 0. The second-order valence-electron chi connectivity index (χ2n) is 12.9. The van der Waals surface area contributed by atoms with Crippen molar-refractivity contribution < 1.29 is 29.0 Å². The minimum atomic E-state index is -1.19. The fraction of sp³-hybridized carbons (Fsp3) is 0.214. The highest BCUT2D eigenvalue weighted by atomic mass is 35.5. The average Bonchev–Trinajstić information content (AvgIpc) is 3.21. The summed E-state index contributed by atoms with van der Waals surface area (Å²) >= 11 is 12.7. The maximum absolute atomic E-state index is 14.2. The highest BCUT2D eigenvalue weighted by molar-refractivity contribution is 6.35. The summed E-state index contributed by atoms with van der Waals surface area (Å²) in [4.78, 5) is 42.1. The molecule has 8 nitrogen and oxygen atoms in total. The zero-order chi connectivity index (χ0) is 37.3. The maximum atomic E-state index is 14.2. The topological polar surface area (TPSA) is 105 Å². The van der Waals surface area contributed by atoms with Crippen molar-refractivity contribution in [1.82, 2.24) is 4.90 Å². The Morgan fingerprint density at radius 1 is 0.923 bits per heavy atom. The van der Waals surface area contributed by atoms with Gasteiger partial charge in [-0.15, -0.1) is 0 Å². The number of aliphatic carboxylic acids is 1. The number of rotatable bonds is 15. The van der Waals surface area contributed by atoms with E-state index in [0.717, 1.165) is 22.4 Å². The van der Waals surface area contributed by atoms with Crippen LogP contribution in [0.5, 0.6) is 11.5 Å². The van der Waals surface area contributed by atoms with Gasteiger partial charge in [-0.25, -0.2) is 0 Å². The van der Waals surface area contributed by atoms with Crippen molar-refractivity contribution >= 4 is 52.2 Å². The summed E-state index contributed by atoms with van der Waals surface area (Å²) in [6, 6.07) is 28.8. The van der Waals surface area contributed by atoms with E-state index >= 15 is 0 Å². The van der Waals surface area contributed by atoms with Gasteiger partial charge in [-0.05, 0) is 65.1 Å². The summed E-state index contributed by atoms with van der Waals surface area (Å²) in [5, 5.41) is 14.0. The number of para-hydroxylation sites is 1. The molecule has 5 rings (SSSR count). The fourth-order valence-corrected chi connectivity index (χ4v) is 6.95. The van der Waals surface area contributed by atoms with Gasteiger partial charge < -0.3 is 24.8 Å². The number of nitrogens with zero attached hydrogens (tertiary/aromatic N) is 1. The van der Waals surface area contributed by atoms with Crippen molar-refractivity contribution in [2.24, 2.45) is 5.41 Å². The molecule has 2 amide bonds. The SMILES string of the molecule is C=CC(=C)c1ccc(C2CC(CC(=O)O)(CC(=O)Nc3cccc(OCCOc4ccccc4)c3)CN(Cc3ccc(Cl)cc3Cl)C(=O)C2=C)cc1. The van der Waals surface area contributed by atoms with Crippen LogP contribution in [-0.4, -0.2) is 47.5 Å². The molecule has 1 heterocycles. The van der Waals surface area contributed by atoms with E-state index in [0.29, 0.717) is 33.7 Å². The Bertz CT molecular complexity index is 1960. The van der Waals surface area contributed by atoms with E-state index in [1.54, 1.807) is 48.5 Å². The molecule has 0 bridgehead atoms. The monoisotopic (exact) mass is 738 g/mol. The van der Waals surface area contributed by atoms with E-state index in [-0.39, 0.29) is 50.4 Å². The molecule has 1 aliphatic rings. The molecule has 0 saturated carbocycles. The smallest absolute Gasteiger partial charge is 0.303 e. The molecule has 1 aliphatic heterocycles. The molecule has 0 aromatic heterocycles.